The summed E-state index contributed by atoms with van der Waals surface area (Å²) in [6, 6.07) is 2.58. The molecule has 0 aromatic heterocycles. The van der Waals surface area contributed by atoms with Gasteiger partial charge in [0, 0.05) is 12.8 Å². The Morgan fingerprint density at radius 1 is 0.704 bits per heavy atom. The van der Waals surface area contributed by atoms with Crippen LogP contribution in [0.2, 0.25) is 0 Å². The number of rotatable bonds is 8. The standard InChI is InChI=1S/C15H16F10N2/c1-2-3-10(11(8-26,9-27)6-7-13(17,18)19)4-5-12(16,14(20,21)22)15(23,24)25/h10H,2-7H2,1H3. The van der Waals surface area contributed by atoms with Gasteiger partial charge in [-0.2, -0.15) is 50.0 Å². The fourth-order valence-electron chi connectivity index (χ4n) is 2.67. The summed E-state index contributed by atoms with van der Waals surface area (Å²) in [5.74, 6) is -1.60. The van der Waals surface area contributed by atoms with E-state index in [0.717, 1.165) is 0 Å². The summed E-state index contributed by atoms with van der Waals surface area (Å²) >= 11 is 0. The molecule has 0 radical (unpaired) electrons. The van der Waals surface area contributed by atoms with Gasteiger partial charge in [-0.3, -0.25) is 0 Å². The highest BCUT2D eigenvalue weighted by Crippen LogP contribution is 2.51. The first-order valence-electron chi connectivity index (χ1n) is 7.71. The van der Waals surface area contributed by atoms with Crippen molar-refractivity contribution in [1.29, 1.82) is 10.5 Å². The molecule has 12 heteroatoms. The van der Waals surface area contributed by atoms with Crippen molar-refractivity contribution in [1.82, 2.24) is 0 Å². The van der Waals surface area contributed by atoms with Gasteiger partial charge in [-0.05, 0) is 25.2 Å². The van der Waals surface area contributed by atoms with Crippen LogP contribution in [-0.4, -0.2) is 24.2 Å². The average Bonchev–Trinajstić information content (AvgIpc) is 2.50. The zero-order chi connectivity index (χ0) is 21.7. The molecule has 1 atom stereocenters. The summed E-state index contributed by atoms with van der Waals surface area (Å²) in [6.07, 6.45) is -23.8. The topological polar surface area (TPSA) is 47.6 Å². The van der Waals surface area contributed by atoms with Crippen LogP contribution >= 0.6 is 0 Å². The molecule has 0 bridgehead atoms. The maximum absolute atomic E-state index is 13.8. The molecule has 0 saturated heterocycles. The number of hydrogen-bond acceptors (Lipinski definition) is 2. The second-order valence-electron chi connectivity index (χ2n) is 6.13. The van der Waals surface area contributed by atoms with Gasteiger partial charge in [0.2, 0.25) is 0 Å². The molecule has 0 spiro atoms. The van der Waals surface area contributed by atoms with E-state index in [1.807, 2.05) is 0 Å². The fraction of sp³-hybridized carbons (Fsp3) is 0.867. The molecule has 0 heterocycles. The maximum Gasteiger partial charge on any atom is 0.431 e. The first kappa shape index (κ1) is 25.3. The smallest absolute Gasteiger partial charge is 0.224 e. The van der Waals surface area contributed by atoms with Crippen molar-refractivity contribution in [3.8, 4) is 12.1 Å². The molecule has 0 N–H and O–H groups in total. The second-order valence-corrected chi connectivity index (χ2v) is 6.13. The van der Waals surface area contributed by atoms with Crippen molar-refractivity contribution in [2.75, 3.05) is 0 Å². The molecular formula is C15H16F10N2. The van der Waals surface area contributed by atoms with Crippen molar-refractivity contribution < 1.29 is 43.9 Å². The Morgan fingerprint density at radius 3 is 1.44 bits per heavy atom. The number of hydrogen-bond donors (Lipinski definition) is 0. The highest BCUT2D eigenvalue weighted by atomic mass is 19.4. The van der Waals surface area contributed by atoms with Gasteiger partial charge >= 0.3 is 18.5 Å². The second kappa shape index (κ2) is 8.53. The SMILES string of the molecule is CCCC(CCC(F)(C(F)(F)F)C(F)(F)F)C(C#N)(C#N)CCC(F)(F)F. The molecule has 2 nitrogen and oxygen atoms in total. The minimum atomic E-state index is -6.31. The Balaban J connectivity index is 5.76. The predicted octanol–water partition coefficient (Wildman–Crippen LogP) is 6.39. The van der Waals surface area contributed by atoms with Crippen LogP contribution in [0.15, 0.2) is 0 Å². The molecule has 156 valence electrons. The predicted molar refractivity (Wildman–Crippen MR) is 72.5 cm³/mol. The monoisotopic (exact) mass is 414 g/mol. The van der Waals surface area contributed by atoms with Crippen LogP contribution < -0.4 is 0 Å². The normalized spacial score (nSPS) is 15.1. The molecule has 0 aliphatic heterocycles. The van der Waals surface area contributed by atoms with Gasteiger partial charge in [-0.15, -0.1) is 0 Å². The van der Waals surface area contributed by atoms with Crippen LogP contribution in [0.3, 0.4) is 0 Å². The summed E-state index contributed by atoms with van der Waals surface area (Å²) < 4.78 is 127. The summed E-state index contributed by atoms with van der Waals surface area (Å²) in [7, 11) is 0. The molecule has 0 aromatic carbocycles. The first-order valence-corrected chi connectivity index (χ1v) is 7.71. The number of nitrogens with zero attached hydrogens (tertiary/aromatic N) is 2. The minimum absolute atomic E-state index is 0.0547. The molecule has 0 fully saturated rings. The minimum Gasteiger partial charge on any atom is -0.224 e. The molecule has 0 aromatic rings. The number of halogens is 10. The number of alkyl halides is 10. The summed E-state index contributed by atoms with van der Waals surface area (Å²) in [4.78, 5) is 0. The Kier molecular flexibility index (Phi) is 7.99. The Morgan fingerprint density at radius 2 is 1.15 bits per heavy atom. The van der Waals surface area contributed by atoms with Crippen LogP contribution in [0.4, 0.5) is 43.9 Å². The van der Waals surface area contributed by atoms with E-state index >= 15 is 0 Å². The quantitative estimate of drug-likeness (QED) is 0.432. The van der Waals surface area contributed by atoms with Crippen molar-refractivity contribution in [2.24, 2.45) is 11.3 Å². The third-order valence-corrected chi connectivity index (χ3v) is 4.27. The van der Waals surface area contributed by atoms with Crippen molar-refractivity contribution >= 4 is 0 Å². The van der Waals surface area contributed by atoms with Gasteiger partial charge in [0.1, 0.15) is 5.41 Å². The van der Waals surface area contributed by atoms with Crippen LogP contribution in [0.25, 0.3) is 0 Å². The van der Waals surface area contributed by atoms with Crippen LogP contribution in [0.1, 0.15) is 45.4 Å². The van der Waals surface area contributed by atoms with E-state index in [1.165, 1.54) is 19.1 Å². The van der Waals surface area contributed by atoms with E-state index in [-0.39, 0.29) is 12.8 Å². The van der Waals surface area contributed by atoms with Gasteiger partial charge in [-0.1, -0.05) is 13.3 Å². The third-order valence-electron chi connectivity index (χ3n) is 4.27. The third kappa shape index (κ3) is 6.15. The van der Waals surface area contributed by atoms with Crippen molar-refractivity contribution in [3.63, 3.8) is 0 Å². The van der Waals surface area contributed by atoms with Gasteiger partial charge in [0.25, 0.3) is 5.67 Å². The van der Waals surface area contributed by atoms with E-state index in [1.54, 1.807) is 0 Å². The molecule has 0 amide bonds. The van der Waals surface area contributed by atoms with Crippen molar-refractivity contribution in [3.05, 3.63) is 0 Å². The van der Waals surface area contributed by atoms with E-state index in [2.05, 4.69) is 0 Å². The van der Waals surface area contributed by atoms with Crippen LogP contribution in [-0.2, 0) is 0 Å². The Labute approximate surface area is 148 Å². The summed E-state index contributed by atoms with van der Waals surface area (Å²) in [5.41, 5.74) is -8.07. The maximum atomic E-state index is 13.8. The summed E-state index contributed by atoms with van der Waals surface area (Å²) in [5, 5.41) is 18.3. The fourth-order valence-corrected chi connectivity index (χ4v) is 2.67. The lowest BCUT2D eigenvalue weighted by Crippen LogP contribution is -2.53. The molecule has 0 aliphatic rings. The van der Waals surface area contributed by atoms with Gasteiger partial charge in [-0.25, -0.2) is 4.39 Å². The summed E-state index contributed by atoms with van der Waals surface area (Å²) in [6.45, 7) is 1.41. The lowest BCUT2D eigenvalue weighted by Gasteiger charge is -2.34. The zero-order valence-corrected chi connectivity index (χ0v) is 14.0. The average molecular weight is 414 g/mol. The van der Waals surface area contributed by atoms with Crippen LogP contribution in [0.5, 0.6) is 0 Å². The zero-order valence-electron chi connectivity index (χ0n) is 14.0. The van der Waals surface area contributed by atoms with E-state index < -0.39 is 61.2 Å². The van der Waals surface area contributed by atoms with Gasteiger partial charge in [0.15, 0.2) is 0 Å². The molecular weight excluding hydrogens is 398 g/mol. The highest BCUT2D eigenvalue weighted by molar-refractivity contribution is 5.17. The molecule has 27 heavy (non-hydrogen) atoms. The Bertz CT molecular complexity index is 534. The van der Waals surface area contributed by atoms with Gasteiger partial charge < -0.3 is 0 Å². The lowest BCUT2D eigenvalue weighted by atomic mass is 9.69. The molecule has 1 unspecified atom stereocenters. The number of nitriles is 2. The first-order chi connectivity index (χ1) is 12.0. The van der Waals surface area contributed by atoms with E-state index in [9.17, 15) is 43.9 Å². The molecule has 0 aliphatic carbocycles. The van der Waals surface area contributed by atoms with E-state index in [0.29, 0.717) is 0 Å². The van der Waals surface area contributed by atoms with Crippen molar-refractivity contribution in [2.45, 2.75) is 69.6 Å². The van der Waals surface area contributed by atoms with E-state index in [4.69, 9.17) is 10.5 Å². The largest absolute Gasteiger partial charge is 0.431 e. The Hall–Kier alpha value is -1.72. The lowest BCUT2D eigenvalue weighted by molar-refractivity contribution is -0.344. The molecule has 0 saturated carbocycles. The van der Waals surface area contributed by atoms with Gasteiger partial charge in [0.05, 0.1) is 12.1 Å². The molecule has 0 rings (SSSR count). The highest BCUT2D eigenvalue weighted by Gasteiger charge is 2.72. The van der Waals surface area contributed by atoms with Crippen LogP contribution in [0, 0.1) is 34.0 Å².